The average Bonchev–Trinajstić information content (AvgIpc) is 2.21. The summed E-state index contributed by atoms with van der Waals surface area (Å²) in [6.45, 7) is 11.9. The molecule has 0 aromatic rings. The van der Waals surface area contributed by atoms with Crippen molar-refractivity contribution in [2.24, 2.45) is 0 Å². The molecular weight excluding hydrogens is 401 g/mol. The molecule has 1 aliphatic heterocycles. The quantitative estimate of drug-likeness (QED) is 0.468. The monoisotopic (exact) mass is 424 g/mol. The van der Waals surface area contributed by atoms with Crippen LogP contribution in [0.1, 0.15) is 6.42 Å². The van der Waals surface area contributed by atoms with Gasteiger partial charge in [-0.15, -0.1) is 11.6 Å². The summed E-state index contributed by atoms with van der Waals surface area (Å²) in [6, 6.07) is 0. The first-order chi connectivity index (χ1) is 9.96. The van der Waals surface area contributed by atoms with Crippen LogP contribution < -0.4 is 0 Å². The molecule has 23 heavy (non-hydrogen) atoms. The highest BCUT2D eigenvalue weighted by atomic mass is 35.5. The summed E-state index contributed by atoms with van der Waals surface area (Å²) >= 11 is 5.55. The Labute approximate surface area is 144 Å². The van der Waals surface area contributed by atoms with Gasteiger partial charge in [-0.2, -0.15) is 0 Å². The molecule has 0 radical (unpaired) electrons. The van der Waals surface area contributed by atoms with Crippen LogP contribution in [0.2, 0.25) is 45.8 Å². The molecule has 1 aliphatic carbocycles. The van der Waals surface area contributed by atoms with E-state index in [1.807, 2.05) is 13.1 Å². The highest BCUT2D eigenvalue weighted by Crippen LogP contribution is 2.58. The first-order valence-corrected chi connectivity index (χ1v) is 18.7. The molecule has 0 amide bonds. The van der Waals surface area contributed by atoms with Crippen LogP contribution in [0.25, 0.3) is 0 Å². The Morgan fingerprint density at radius 3 is 1.43 bits per heavy atom. The molecule has 1 heterocycles. The molecule has 2 aliphatic rings. The van der Waals surface area contributed by atoms with Gasteiger partial charge in [0.15, 0.2) is 0 Å². The van der Waals surface area contributed by atoms with E-state index in [1.54, 1.807) is 26.2 Å². The van der Waals surface area contributed by atoms with Crippen LogP contribution in [0.5, 0.6) is 0 Å². The van der Waals surface area contributed by atoms with E-state index >= 15 is 4.39 Å². The van der Waals surface area contributed by atoms with Gasteiger partial charge in [-0.05, 0) is 45.8 Å². The van der Waals surface area contributed by atoms with Crippen LogP contribution in [-0.2, 0) is 16.5 Å². The minimum absolute atomic E-state index is 0.486. The van der Waals surface area contributed by atoms with Crippen molar-refractivity contribution >= 4 is 45.8 Å². The van der Waals surface area contributed by atoms with Crippen LogP contribution in [0.15, 0.2) is 0 Å². The highest BCUT2D eigenvalue weighted by molar-refractivity contribution is 6.94. The first kappa shape index (κ1) is 20.1. The van der Waals surface area contributed by atoms with Gasteiger partial charge in [0.2, 0.25) is 5.29 Å². The zero-order chi connectivity index (χ0) is 18.1. The van der Waals surface area contributed by atoms with Gasteiger partial charge in [0, 0.05) is 6.42 Å². The molecule has 4 nitrogen and oxygen atoms in total. The number of alkyl halides is 4. The van der Waals surface area contributed by atoms with E-state index in [4.69, 9.17) is 28.1 Å². The minimum Gasteiger partial charge on any atom is -0.416 e. The molecule has 1 saturated carbocycles. The second-order valence-electron chi connectivity index (χ2n) is 7.65. The predicted octanol–water partition coefficient (Wildman–Crippen LogP) is 4.14. The Morgan fingerprint density at radius 2 is 1.13 bits per heavy atom. The summed E-state index contributed by atoms with van der Waals surface area (Å²) in [5.74, 6) is -3.68. The normalized spacial score (nSPS) is 40.6. The molecule has 2 rings (SSSR count). The highest BCUT2D eigenvalue weighted by Gasteiger charge is 2.81. The van der Waals surface area contributed by atoms with E-state index in [1.165, 1.54) is 6.55 Å². The summed E-state index contributed by atoms with van der Waals surface area (Å²) in [4.78, 5) is 0. The summed E-state index contributed by atoms with van der Waals surface area (Å²) in [5.41, 5.74) is 0. The van der Waals surface area contributed by atoms with E-state index < -0.39 is 57.3 Å². The molecule has 0 aromatic carbocycles. The lowest BCUT2D eigenvalue weighted by molar-refractivity contribution is -0.179. The van der Waals surface area contributed by atoms with Crippen LogP contribution in [0.3, 0.4) is 0 Å². The van der Waals surface area contributed by atoms with E-state index in [9.17, 15) is 8.78 Å². The van der Waals surface area contributed by atoms with Crippen molar-refractivity contribution in [1.82, 2.24) is 0 Å². The maximum absolute atomic E-state index is 15.3. The van der Waals surface area contributed by atoms with Gasteiger partial charge in [-0.25, -0.2) is 13.2 Å². The lowest BCUT2D eigenvalue weighted by Gasteiger charge is -2.57. The van der Waals surface area contributed by atoms with Crippen LogP contribution >= 0.6 is 11.6 Å². The van der Waals surface area contributed by atoms with Crippen LogP contribution in [0, 0.1) is 0 Å². The lowest BCUT2D eigenvalue weighted by atomic mass is 9.90. The summed E-state index contributed by atoms with van der Waals surface area (Å²) in [5, 5.41) is -4.42. The second kappa shape index (κ2) is 5.39. The largest absolute Gasteiger partial charge is 0.416 e. The molecular formula is C11H24ClF3O4Si4. The Morgan fingerprint density at radius 1 is 0.783 bits per heavy atom. The lowest BCUT2D eigenvalue weighted by Crippen LogP contribution is -2.81. The molecule has 0 bridgehead atoms. The van der Waals surface area contributed by atoms with Gasteiger partial charge >= 0.3 is 34.2 Å². The fourth-order valence-corrected chi connectivity index (χ4v) is 25.9. The topological polar surface area (TPSA) is 36.9 Å². The molecule has 1 saturated heterocycles. The Hall–Kier alpha value is 0.788. The van der Waals surface area contributed by atoms with Crippen LogP contribution in [0.4, 0.5) is 13.2 Å². The molecule has 0 spiro atoms. The van der Waals surface area contributed by atoms with Gasteiger partial charge in [0.05, 0.1) is 0 Å². The summed E-state index contributed by atoms with van der Waals surface area (Å²) in [6.07, 6.45) is -0.486. The molecule has 2 fully saturated rings. The first-order valence-electron chi connectivity index (χ1n) is 7.47. The predicted molar refractivity (Wildman–Crippen MR) is 91.4 cm³/mol. The van der Waals surface area contributed by atoms with E-state index in [0.717, 1.165) is 0 Å². The van der Waals surface area contributed by atoms with Gasteiger partial charge in [0.25, 0.3) is 5.92 Å². The second-order valence-corrected chi connectivity index (χ2v) is 22.5. The standard InChI is InChI=1S/C11H24ClF3O4Si4/c1-20(2)16-21(3,4)18-23(7,19-22(5,6)17-20)10(13)8-9(12)11(10,14)15/h9H,8H2,1-7H3. The zero-order valence-electron chi connectivity index (χ0n) is 14.4. The van der Waals surface area contributed by atoms with E-state index in [2.05, 4.69) is 0 Å². The minimum atomic E-state index is -3.98. The SMILES string of the molecule is C[Si]1(C)O[Si](C)(C)O[Si](C)(C2(F)CC(Cl)C2(F)F)O[Si](C)(C)O1. The van der Waals surface area contributed by atoms with E-state index in [-0.39, 0.29) is 0 Å². The van der Waals surface area contributed by atoms with Gasteiger partial charge in [-0.1, -0.05) is 0 Å². The maximum atomic E-state index is 15.3. The van der Waals surface area contributed by atoms with Gasteiger partial charge < -0.3 is 16.5 Å². The Kier molecular flexibility index (Phi) is 4.71. The number of hydrogen-bond acceptors (Lipinski definition) is 4. The van der Waals surface area contributed by atoms with Crippen molar-refractivity contribution in [3.63, 3.8) is 0 Å². The maximum Gasteiger partial charge on any atom is 0.362 e. The zero-order valence-corrected chi connectivity index (χ0v) is 19.2. The van der Waals surface area contributed by atoms with Gasteiger partial charge in [0.1, 0.15) is 5.38 Å². The molecule has 12 heteroatoms. The van der Waals surface area contributed by atoms with Crippen molar-refractivity contribution in [1.29, 1.82) is 0 Å². The van der Waals surface area contributed by atoms with E-state index in [0.29, 0.717) is 0 Å². The third-order valence-electron chi connectivity index (χ3n) is 3.97. The third-order valence-corrected chi connectivity index (χ3v) is 21.3. The fraction of sp³-hybridized carbons (Fsp3) is 1.00. The van der Waals surface area contributed by atoms with Crippen molar-refractivity contribution in [3.05, 3.63) is 0 Å². The third kappa shape index (κ3) is 3.40. The van der Waals surface area contributed by atoms with Crippen molar-refractivity contribution < 1.29 is 29.6 Å². The smallest absolute Gasteiger partial charge is 0.362 e. The number of halogens is 4. The number of hydrogen-bond donors (Lipinski definition) is 0. The number of rotatable bonds is 1. The average molecular weight is 425 g/mol. The molecule has 0 aromatic heterocycles. The molecule has 2 unspecified atom stereocenters. The van der Waals surface area contributed by atoms with Crippen molar-refractivity contribution in [2.75, 3.05) is 0 Å². The molecule has 0 N–H and O–H groups in total. The summed E-state index contributed by atoms with van der Waals surface area (Å²) < 4.78 is 67.7. The summed E-state index contributed by atoms with van der Waals surface area (Å²) in [7, 11) is -12.3. The molecule has 2 atom stereocenters. The van der Waals surface area contributed by atoms with Crippen molar-refractivity contribution in [2.45, 2.75) is 68.8 Å². The Bertz CT molecular complexity index is 486. The fourth-order valence-electron chi connectivity index (χ4n) is 3.48. The van der Waals surface area contributed by atoms with Gasteiger partial charge in [-0.3, -0.25) is 0 Å². The van der Waals surface area contributed by atoms with Crippen molar-refractivity contribution in [3.8, 4) is 0 Å². The molecule has 136 valence electrons. The van der Waals surface area contributed by atoms with Crippen LogP contribution in [-0.4, -0.2) is 50.8 Å². The Balaban J connectivity index is 2.45.